The van der Waals surface area contributed by atoms with E-state index in [0.29, 0.717) is 18.2 Å². The molecule has 0 aliphatic carbocycles. The summed E-state index contributed by atoms with van der Waals surface area (Å²) in [4.78, 5) is 14.5. The van der Waals surface area contributed by atoms with Crippen LogP contribution in [0.5, 0.6) is 5.75 Å². The standard InChI is InChI=1S/C13H12N2O2/c16-7-11-6-15(9-14-11)5-10-8-17-13-4-2-1-3-12(10)13/h1-4,6-7,9-10H,5,8H2. The van der Waals surface area contributed by atoms with Gasteiger partial charge in [0, 0.05) is 24.2 Å². The smallest absolute Gasteiger partial charge is 0.169 e. The Morgan fingerprint density at radius 1 is 1.47 bits per heavy atom. The molecule has 2 heterocycles. The van der Waals surface area contributed by atoms with Crippen molar-refractivity contribution in [1.82, 2.24) is 9.55 Å². The molecule has 2 aromatic rings. The zero-order valence-corrected chi connectivity index (χ0v) is 9.24. The van der Waals surface area contributed by atoms with Gasteiger partial charge < -0.3 is 9.30 Å². The summed E-state index contributed by atoms with van der Waals surface area (Å²) in [5.74, 6) is 1.30. The van der Waals surface area contributed by atoms with Crippen molar-refractivity contribution in [2.75, 3.05) is 6.61 Å². The van der Waals surface area contributed by atoms with Gasteiger partial charge in [-0.25, -0.2) is 4.98 Å². The van der Waals surface area contributed by atoms with Gasteiger partial charge in [0.05, 0.1) is 12.9 Å². The number of fused-ring (bicyclic) bond motifs is 1. The third-order valence-corrected chi connectivity index (χ3v) is 3.00. The molecule has 1 aromatic heterocycles. The molecule has 1 atom stereocenters. The molecule has 0 radical (unpaired) electrons. The molecule has 86 valence electrons. The molecule has 0 N–H and O–H groups in total. The molecule has 0 spiro atoms. The maximum Gasteiger partial charge on any atom is 0.169 e. The second-order valence-electron chi connectivity index (χ2n) is 4.16. The van der Waals surface area contributed by atoms with E-state index < -0.39 is 0 Å². The first-order chi connectivity index (χ1) is 8.36. The summed E-state index contributed by atoms with van der Waals surface area (Å²) in [6.45, 7) is 1.48. The molecular weight excluding hydrogens is 216 g/mol. The average molecular weight is 228 g/mol. The number of carbonyl (C=O) groups excluding carboxylic acids is 1. The minimum absolute atomic E-state index is 0.333. The van der Waals surface area contributed by atoms with Crippen LogP contribution in [0.2, 0.25) is 0 Å². The summed E-state index contributed by atoms with van der Waals surface area (Å²) < 4.78 is 7.54. The molecular formula is C13H12N2O2. The predicted molar refractivity (Wildman–Crippen MR) is 62.3 cm³/mol. The highest BCUT2D eigenvalue weighted by atomic mass is 16.5. The molecule has 1 aliphatic rings. The van der Waals surface area contributed by atoms with Crippen LogP contribution in [0, 0.1) is 0 Å². The first-order valence-corrected chi connectivity index (χ1v) is 5.55. The van der Waals surface area contributed by atoms with E-state index in [0.717, 1.165) is 18.6 Å². The van der Waals surface area contributed by atoms with Crippen molar-refractivity contribution >= 4 is 6.29 Å². The van der Waals surface area contributed by atoms with Gasteiger partial charge in [0.2, 0.25) is 0 Å². The monoisotopic (exact) mass is 228 g/mol. The van der Waals surface area contributed by atoms with Gasteiger partial charge in [-0.05, 0) is 6.07 Å². The van der Waals surface area contributed by atoms with Gasteiger partial charge in [0.25, 0.3) is 0 Å². The number of rotatable bonds is 3. The van der Waals surface area contributed by atoms with Crippen LogP contribution in [0.4, 0.5) is 0 Å². The summed E-state index contributed by atoms with van der Waals surface area (Å²) in [5.41, 5.74) is 1.70. The maximum absolute atomic E-state index is 10.6. The molecule has 4 nitrogen and oxygen atoms in total. The van der Waals surface area contributed by atoms with Gasteiger partial charge in [0.1, 0.15) is 11.4 Å². The lowest BCUT2D eigenvalue weighted by molar-refractivity contribution is 0.111. The van der Waals surface area contributed by atoms with Crippen LogP contribution in [0.15, 0.2) is 36.8 Å². The van der Waals surface area contributed by atoms with Crippen LogP contribution in [-0.2, 0) is 6.54 Å². The molecule has 0 saturated heterocycles. The number of imidazole rings is 1. The summed E-state index contributed by atoms with van der Waals surface area (Å²) in [7, 11) is 0. The largest absolute Gasteiger partial charge is 0.493 e. The highest BCUT2D eigenvalue weighted by Gasteiger charge is 2.23. The Balaban J connectivity index is 1.81. The number of carbonyl (C=O) groups is 1. The van der Waals surface area contributed by atoms with Crippen LogP contribution >= 0.6 is 0 Å². The van der Waals surface area contributed by atoms with Crippen molar-refractivity contribution in [3.05, 3.63) is 48.0 Å². The number of nitrogens with zero attached hydrogens (tertiary/aromatic N) is 2. The first-order valence-electron chi connectivity index (χ1n) is 5.55. The Labute approximate surface area is 98.9 Å². The highest BCUT2D eigenvalue weighted by molar-refractivity contribution is 5.70. The van der Waals surface area contributed by atoms with Crippen molar-refractivity contribution in [2.45, 2.75) is 12.5 Å². The van der Waals surface area contributed by atoms with E-state index in [-0.39, 0.29) is 0 Å². The SMILES string of the molecule is O=Cc1cn(CC2COc3ccccc32)cn1. The third-order valence-electron chi connectivity index (χ3n) is 3.00. The van der Waals surface area contributed by atoms with E-state index in [1.807, 2.05) is 22.8 Å². The van der Waals surface area contributed by atoms with Gasteiger partial charge in [-0.3, -0.25) is 4.79 Å². The number of hydrogen-bond donors (Lipinski definition) is 0. The van der Waals surface area contributed by atoms with Gasteiger partial charge in [-0.15, -0.1) is 0 Å². The molecule has 0 bridgehead atoms. The fourth-order valence-corrected chi connectivity index (χ4v) is 2.17. The Morgan fingerprint density at radius 3 is 3.18 bits per heavy atom. The minimum atomic E-state index is 0.333. The molecule has 3 rings (SSSR count). The molecule has 0 saturated carbocycles. The van der Waals surface area contributed by atoms with Gasteiger partial charge in [-0.2, -0.15) is 0 Å². The first kappa shape index (κ1) is 10.1. The van der Waals surface area contributed by atoms with E-state index in [9.17, 15) is 4.79 Å². The molecule has 1 aromatic carbocycles. The van der Waals surface area contributed by atoms with E-state index >= 15 is 0 Å². The minimum Gasteiger partial charge on any atom is -0.493 e. The molecule has 17 heavy (non-hydrogen) atoms. The van der Waals surface area contributed by atoms with E-state index in [1.165, 1.54) is 5.56 Å². The zero-order valence-electron chi connectivity index (χ0n) is 9.24. The molecule has 0 fully saturated rings. The Hall–Kier alpha value is -2.10. The van der Waals surface area contributed by atoms with Crippen LogP contribution in [0.25, 0.3) is 0 Å². The summed E-state index contributed by atoms with van der Waals surface area (Å²) in [6, 6.07) is 8.07. The molecule has 0 amide bonds. The molecule has 1 aliphatic heterocycles. The predicted octanol–water partition coefficient (Wildman–Crippen LogP) is 1.87. The van der Waals surface area contributed by atoms with Crippen molar-refractivity contribution in [1.29, 1.82) is 0 Å². The zero-order chi connectivity index (χ0) is 11.7. The number of benzene rings is 1. The summed E-state index contributed by atoms with van der Waals surface area (Å²) in [6.07, 6.45) is 4.20. The second kappa shape index (κ2) is 4.05. The third kappa shape index (κ3) is 1.82. The van der Waals surface area contributed by atoms with Crippen LogP contribution in [-0.4, -0.2) is 22.4 Å². The highest BCUT2D eigenvalue weighted by Crippen LogP contribution is 2.34. The number of hydrogen-bond acceptors (Lipinski definition) is 3. The number of aromatic nitrogens is 2. The number of aldehydes is 1. The lowest BCUT2D eigenvalue weighted by Crippen LogP contribution is -2.09. The van der Waals surface area contributed by atoms with Crippen LogP contribution < -0.4 is 4.74 Å². The normalized spacial score (nSPS) is 17.5. The lowest BCUT2D eigenvalue weighted by Gasteiger charge is -2.08. The number of ether oxygens (including phenoxy) is 1. The van der Waals surface area contributed by atoms with Crippen molar-refractivity contribution < 1.29 is 9.53 Å². The van der Waals surface area contributed by atoms with E-state index in [1.54, 1.807) is 12.5 Å². The van der Waals surface area contributed by atoms with Gasteiger partial charge in [-0.1, -0.05) is 18.2 Å². The maximum atomic E-state index is 10.6. The van der Waals surface area contributed by atoms with E-state index in [4.69, 9.17) is 4.74 Å². The Kier molecular flexibility index (Phi) is 2.40. The number of para-hydroxylation sites is 1. The van der Waals surface area contributed by atoms with E-state index in [2.05, 4.69) is 11.1 Å². The second-order valence-corrected chi connectivity index (χ2v) is 4.16. The van der Waals surface area contributed by atoms with Gasteiger partial charge in [0.15, 0.2) is 6.29 Å². The van der Waals surface area contributed by atoms with Crippen molar-refractivity contribution in [2.24, 2.45) is 0 Å². The van der Waals surface area contributed by atoms with Gasteiger partial charge >= 0.3 is 0 Å². The Morgan fingerprint density at radius 2 is 2.35 bits per heavy atom. The lowest BCUT2D eigenvalue weighted by atomic mass is 10.0. The van der Waals surface area contributed by atoms with Crippen molar-refractivity contribution in [3.8, 4) is 5.75 Å². The quantitative estimate of drug-likeness (QED) is 0.753. The Bertz CT molecular complexity index is 548. The van der Waals surface area contributed by atoms with Crippen molar-refractivity contribution in [3.63, 3.8) is 0 Å². The topological polar surface area (TPSA) is 44.1 Å². The summed E-state index contributed by atoms with van der Waals surface area (Å²) in [5, 5.41) is 0. The molecule has 1 unspecified atom stereocenters. The fraction of sp³-hybridized carbons (Fsp3) is 0.231. The summed E-state index contributed by atoms with van der Waals surface area (Å²) >= 11 is 0. The molecule has 4 heteroatoms. The fourth-order valence-electron chi connectivity index (χ4n) is 2.17. The van der Waals surface area contributed by atoms with Crippen LogP contribution in [0.3, 0.4) is 0 Å². The average Bonchev–Trinajstić information content (AvgIpc) is 2.97. The van der Waals surface area contributed by atoms with Crippen LogP contribution in [0.1, 0.15) is 22.0 Å².